The van der Waals surface area contributed by atoms with Gasteiger partial charge in [0, 0.05) is 24.3 Å². The molecule has 1 fully saturated rings. The van der Waals surface area contributed by atoms with Crippen LogP contribution in [-0.2, 0) is 16.6 Å². The minimum atomic E-state index is -4.26. The number of fused-ring (bicyclic) bond motifs is 1. The van der Waals surface area contributed by atoms with Crippen LogP contribution in [0.25, 0.3) is 10.8 Å². The highest BCUT2D eigenvalue weighted by Gasteiger charge is 2.40. The standard InChI is InChI=1S/C29H30N4O4S/c1-20-15-17-33(29(20,2)3)27-24(10-7-16-30-27)28(34)32-38(35,36)26-12-6-11-25(31-26)37-19-21-13-14-22-8-4-5-9-23(22)18-21/h4-14,16,18,20H,15,17,19H2,1-3H3,(H,32,34). The fraction of sp³-hybridized carbons (Fsp3) is 0.276. The molecule has 5 rings (SSSR count). The average Bonchev–Trinajstić information content (AvgIpc) is 3.18. The molecule has 4 aromatic rings. The van der Waals surface area contributed by atoms with Crippen molar-refractivity contribution < 1.29 is 17.9 Å². The maximum atomic E-state index is 13.2. The molecule has 0 spiro atoms. The van der Waals surface area contributed by atoms with Crippen LogP contribution in [0.2, 0.25) is 0 Å². The van der Waals surface area contributed by atoms with Crippen molar-refractivity contribution in [3.8, 4) is 5.88 Å². The van der Waals surface area contributed by atoms with Gasteiger partial charge in [-0.1, -0.05) is 49.4 Å². The smallest absolute Gasteiger partial charge is 0.281 e. The first-order valence-electron chi connectivity index (χ1n) is 12.5. The van der Waals surface area contributed by atoms with Crippen LogP contribution in [0.3, 0.4) is 0 Å². The number of amides is 1. The van der Waals surface area contributed by atoms with Crippen molar-refractivity contribution >= 4 is 32.5 Å². The molecule has 1 aliphatic heterocycles. The van der Waals surface area contributed by atoms with E-state index in [9.17, 15) is 13.2 Å². The van der Waals surface area contributed by atoms with E-state index in [1.54, 1.807) is 24.4 Å². The zero-order valence-corrected chi connectivity index (χ0v) is 22.4. The summed E-state index contributed by atoms with van der Waals surface area (Å²) < 4.78 is 34.2. The molecule has 1 atom stereocenters. The number of carbonyl (C=O) groups excluding carboxylic acids is 1. The third-order valence-electron chi connectivity index (χ3n) is 7.38. The number of hydrogen-bond acceptors (Lipinski definition) is 7. The molecule has 1 aliphatic rings. The number of ether oxygens (including phenoxy) is 1. The van der Waals surface area contributed by atoms with E-state index >= 15 is 0 Å². The van der Waals surface area contributed by atoms with Crippen molar-refractivity contribution in [2.45, 2.75) is 44.4 Å². The zero-order chi connectivity index (χ0) is 26.9. The summed E-state index contributed by atoms with van der Waals surface area (Å²) in [5, 5.41) is 1.90. The molecule has 9 heteroatoms. The predicted molar refractivity (Wildman–Crippen MR) is 147 cm³/mol. The number of carbonyl (C=O) groups is 1. The van der Waals surface area contributed by atoms with E-state index < -0.39 is 15.9 Å². The van der Waals surface area contributed by atoms with Gasteiger partial charge in [-0.15, -0.1) is 0 Å². The predicted octanol–water partition coefficient (Wildman–Crippen LogP) is 4.95. The Hall–Kier alpha value is -3.98. The van der Waals surface area contributed by atoms with Crippen LogP contribution in [0, 0.1) is 5.92 Å². The van der Waals surface area contributed by atoms with Gasteiger partial charge in [0.05, 0.1) is 5.56 Å². The Kier molecular flexibility index (Phi) is 6.79. The first-order valence-corrected chi connectivity index (χ1v) is 14.0. The number of hydrogen-bond donors (Lipinski definition) is 1. The summed E-state index contributed by atoms with van der Waals surface area (Å²) in [6.45, 7) is 7.32. The molecule has 196 valence electrons. The van der Waals surface area contributed by atoms with Crippen molar-refractivity contribution in [2.75, 3.05) is 11.4 Å². The van der Waals surface area contributed by atoms with E-state index in [-0.39, 0.29) is 28.6 Å². The maximum Gasteiger partial charge on any atom is 0.281 e. The highest BCUT2D eigenvalue weighted by molar-refractivity contribution is 7.90. The fourth-order valence-corrected chi connectivity index (χ4v) is 5.67. The molecule has 2 aromatic carbocycles. The number of sulfonamides is 1. The Morgan fingerprint density at radius 3 is 2.61 bits per heavy atom. The maximum absolute atomic E-state index is 13.2. The molecule has 0 bridgehead atoms. The number of nitrogens with one attached hydrogen (secondary N) is 1. The number of benzene rings is 2. The third kappa shape index (κ3) is 5.06. The summed E-state index contributed by atoms with van der Waals surface area (Å²) in [5.74, 6) is 0.247. The second-order valence-corrected chi connectivity index (χ2v) is 11.7. The van der Waals surface area contributed by atoms with Gasteiger partial charge in [0.25, 0.3) is 15.9 Å². The van der Waals surface area contributed by atoms with Crippen LogP contribution in [0.4, 0.5) is 5.82 Å². The van der Waals surface area contributed by atoms with Gasteiger partial charge in [0.1, 0.15) is 12.4 Å². The van der Waals surface area contributed by atoms with Crippen molar-refractivity contribution in [2.24, 2.45) is 5.92 Å². The summed E-state index contributed by atoms with van der Waals surface area (Å²) in [7, 11) is -4.26. The molecule has 0 radical (unpaired) electrons. The van der Waals surface area contributed by atoms with E-state index in [1.807, 2.05) is 42.5 Å². The van der Waals surface area contributed by atoms with Crippen molar-refractivity contribution in [3.05, 3.63) is 90.1 Å². The molecule has 2 aromatic heterocycles. The van der Waals surface area contributed by atoms with Crippen molar-refractivity contribution in [1.29, 1.82) is 0 Å². The number of rotatable bonds is 7. The summed E-state index contributed by atoms with van der Waals surface area (Å²) in [4.78, 5) is 23.8. The molecule has 1 saturated heterocycles. The van der Waals surface area contributed by atoms with Crippen molar-refractivity contribution in [3.63, 3.8) is 0 Å². The Bertz CT molecular complexity index is 1600. The molecular formula is C29H30N4O4S. The molecule has 0 aliphatic carbocycles. The van der Waals surface area contributed by atoms with Gasteiger partial charge in [-0.3, -0.25) is 4.79 Å². The lowest BCUT2D eigenvalue weighted by atomic mass is 9.90. The van der Waals surface area contributed by atoms with E-state index in [1.165, 1.54) is 12.1 Å². The second kappa shape index (κ2) is 10.1. The normalized spacial score (nSPS) is 16.9. The zero-order valence-electron chi connectivity index (χ0n) is 21.6. The highest BCUT2D eigenvalue weighted by Crippen LogP contribution is 2.38. The molecular weight excluding hydrogens is 500 g/mol. The molecule has 1 N–H and O–H groups in total. The van der Waals surface area contributed by atoms with E-state index in [4.69, 9.17) is 4.74 Å². The second-order valence-electron chi connectivity index (χ2n) is 10.1. The minimum absolute atomic E-state index is 0.142. The van der Waals surface area contributed by atoms with Gasteiger partial charge in [-0.2, -0.15) is 13.4 Å². The minimum Gasteiger partial charge on any atom is -0.473 e. The van der Waals surface area contributed by atoms with E-state index in [0.29, 0.717) is 11.7 Å². The quantitative estimate of drug-likeness (QED) is 0.361. The van der Waals surface area contributed by atoms with Gasteiger partial charge < -0.3 is 9.64 Å². The molecule has 8 nitrogen and oxygen atoms in total. The molecule has 1 amide bonds. The molecule has 3 heterocycles. The summed E-state index contributed by atoms with van der Waals surface area (Å²) >= 11 is 0. The lowest BCUT2D eigenvalue weighted by Crippen LogP contribution is -2.43. The Labute approximate surface area is 222 Å². The first-order chi connectivity index (χ1) is 18.1. The van der Waals surface area contributed by atoms with Crippen molar-refractivity contribution in [1.82, 2.24) is 14.7 Å². The lowest BCUT2D eigenvalue weighted by molar-refractivity contribution is 0.0981. The van der Waals surface area contributed by atoms with Crippen LogP contribution >= 0.6 is 0 Å². The molecule has 0 saturated carbocycles. The van der Waals surface area contributed by atoms with Crippen LogP contribution in [0.5, 0.6) is 5.88 Å². The molecule has 38 heavy (non-hydrogen) atoms. The first kappa shape index (κ1) is 25.7. The summed E-state index contributed by atoms with van der Waals surface area (Å²) in [5.41, 5.74) is 0.901. The largest absolute Gasteiger partial charge is 0.473 e. The van der Waals surface area contributed by atoms with Gasteiger partial charge >= 0.3 is 0 Å². The third-order valence-corrected chi connectivity index (χ3v) is 8.61. The Morgan fingerprint density at radius 1 is 1.05 bits per heavy atom. The number of anilines is 1. The van der Waals surface area contributed by atoms with Crippen LogP contribution in [0.15, 0.2) is 84.0 Å². The Balaban J connectivity index is 1.32. The van der Waals surface area contributed by atoms with E-state index in [0.717, 1.165) is 29.3 Å². The lowest BCUT2D eigenvalue weighted by Gasteiger charge is -2.36. The number of nitrogens with zero attached hydrogens (tertiary/aromatic N) is 3. The fourth-order valence-electron chi connectivity index (χ4n) is 4.74. The van der Waals surface area contributed by atoms with Crippen LogP contribution in [-0.4, -0.2) is 36.4 Å². The van der Waals surface area contributed by atoms with Gasteiger partial charge in [0.2, 0.25) is 5.88 Å². The topological polar surface area (TPSA) is 101 Å². The van der Waals surface area contributed by atoms with Crippen LogP contribution in [0.1, 0.15) is 43.1 Å². The van der Waals surface area contributed by atoms with Gasteiger partial charge in [-0.25, -0.2) is 9.71 Å². The average molecular weight is 531 g/mol. The van der Waals surface area contributed by atoms with Crippen LogP contribution < -0.4 is 14.4 Å². The van der Waals surface area contributed by atoms with Gasteiger partial charge in [0.15, 0.2) is 5.03 Å². The summed E-state index contributed by atoms with van der Waals surface area (Å²) in [6, 6.07) is 21.6. The van der Waals surface area contributed by atoms with E-state index in [2.05, 4.69) is 40.4 Å². The molecule has 1 unspecified atom stereocenters. The number of pyridine rings is 2. The Morgan fingerprint density at radius 2 is 1.84 bits per heavy atom. The van der Waals surface area contributed by atoms with Gasteiger partial charge in [-0.05, 0) is 66.8 Å². The number of aromatic nitrogens is 2. The SMILES string of the molecule is CC1CCN(c2ncccc2C(=O)NS(=O)(=O)c2cccc(OCc3ccc4ccccc4c3)n2)C1(C)C. The summed E-state index contributed by atoms with van der Waals surface area (Å²) in [6.07, 6.45) is 2.57. The highest BCUT2D eigenvalue weighted by atomic mass is 32.2. The monoisotopic (exact) mass is 530 g/mol.